The number of aromatic nitrogens is 3. The summed E-state index contributed by atoms with van der Waals surface area (Å²) in [6, 6.07) is 5.15. The fraction of sp³-hybridized carbons (Fsp3) is 0.559. The number of piperidine rings is 1. The third-order valence-corrected chi connectivity index (χ3v) is 11.9. The standard InChI is InChI=1S/C34H42F3N5O3S/c1-22-8-5-3-4-6-15-42-32-28(20-27(33(42)43)24-13-18-46(44,45)19-14-24)31(38-21-39-32)40-23(2)26-9-7-10-29(30(26)35)34(36,37)25-11-16-41(22)17-12-25/h7,9-10,20-21,23-25H,1,3-6,8,11-19H2,2H3,(H,38,39,40)/t23-/m1/s1. The van der Waals surface area contributed by atoms with Gasteiger partial charge in [-0.2, -0.15) is 0 Å². The van der Waals surface area contributed by atoms with E-state index in [1.807, 2.05) is 0 Å². The number of hydrogen-bond donors (Lipinski definition) is 1. The fourth-order valence-corrected chi connectivity index (χ4v) is 8.82. The Morgan fingerprint density at radius 3 is 2.43 bits per heavy atom. The van der Waals surface area contributed by atoms with Crippen LogP contribution in [0.5, 0.6) is 0 Å². The highest BCUT2D eigenvalue weighted by Gasteiger charge is 2.45. The normalized spacial score (nSPS) is 23.3. The molecule has 12 heteroatoms. The molecule has 0 spiro atoms. The van der Waals surface area contributed by atoms with E-state index in [0.717, 1.165) is 37.8 Å². The first-order valence-electron chi connectivity index (χ1n) is 16.4. The maximum atomic E-state index is 16.0. The summed E-state index contributed by atoms with van der Waals surface area (Å²) in [6.07, 6.45) is 6.75. The third kappa shape index (κ3) is 6.41. The molecule has 0 amide bonds. The minimum atomic E-state index is -3.34. The van der Waals surface area contributed by atoms with Crippen molar-refractivity contribution in [1.82, 2.24) is 19.4 Å². The Balaban J connectivity index is 1.42. The van der Waals surface area contributed by atoms with Crippen molar-refractivity contribution in [2.24, 2.45) is 5.92 Å². The Labute approximate surface area is 268 Å². The molecule has 4 aliphatic rings. The summed E-state index contributed by atoms with van der Waals surface area (Å²) in [5, 5.41) is 3.77. The van der Waals surface area contributed by atoms with Crippen molar-refractivity contribution >= 4 is 26.7 Å². The number of aryl methyl sites for hydroxylation is 1. The van der Waals surface area contributed by atoms with Crippen LogP contribution in [0.4, 0.5) is 19.0 Å². The number of sulfone groups is 1. The van der Waals surface area contributed by atoms with Crippen molar-refractivity contribution in [3.05, 3.63) is 75.7 Å². The lowest BCUT2D eigenvalue weighted by atomic mass is 9.85. The van der Waals surface area contributed by atoms with E-state index < -0.39 is 39.1 Å². The lowest BCUT2D eigenvalue weighted by Gasteiger charge is -2.38. The maximum Gasteiger partial charge on any atom is 0.278 e. The average Bonchev–Trinajstić information content (AvgIpc) is 3.03. The SMILES string of the molecule is C=C1CCCCCCn2c(=O)c(C3CCS(=O)(=O)CC3)cc3c(ncnc32)N[C@H](C)c2cccc(c2F)C(F)(F)C2CCN1CC2. The highest BCUT2D eigenvalue weighted by atomic mass is 32.2. The molecule has 1 atom stereocenters. The molecule has 8 nitrogen and oxygen atoms in total. The zero-order valence-electron chi connectivity index (χ0n) is 26.3. The molecular weight excluding hydrogens is 615 g/mol. The number of nitrogens with zero attached hydrogens (tertiary/aromatic N) is 4. The minimum absolute atomic E-state index is 0.0202. The summed E-state index contributed by atoms with van der Waals surface area (Å²) >= 11 is 0. The van der Waals surface area contributed by atoms with Gasteiger partial charge < -0.3 is 10.2 Å². The molecule has 1 N–H and O–H groups in total. The van der Waals surface area contributed by atoms with E-state index in [4.69, 9.17) is 0 Å². The van der Waals surface area contributed by atoms with Crippen LogP contribution in [0, 0.1) is 11.7 Å². The maximum absolute atomic E-state index is 16.0. The topological polar surface area (TPSA) is 97.2 Å². The number of hydrogen-bond acceptors (Lipinski definition) is 7. The molecule has 46 heavy (non-hydrogen) atoms. The van der Waals surface area contributed by atoms with E-state index >= 15 is 13.2 Å². The quantitative estimate of drug-likeness (QED) is 0.312. The van der Waals surface area contributed by atoms with Crippen LogP contribution >= 0.6 is 0 Å². The predicted octanol–water partition coefficient (Wildman–Crippen LogP) is 6.68. The minimum Gasteiger partial charge on any atom is -0.375 e. The van der Waals surface area contributed by atoms with Gasteiger partial charge >= 0.3 is 0 Å². The van der Waals surface area contributed by atoms with E-state index in [9.17, 15) is 13.2 Å². The van der Waals surface area contributed by atoms with Gasteiger partial charge in [0.15, 0.2) is 0 Å². The number of anilines is 1. The number of nitrogens with one attached hydrogen (secondary N) is 1. The fourth-order valence-electron chi connectivity index (χ4n) is 7.33. The van der Waals surface area contributed by atoms with Crippen molar-refractivity contribution in [2.45, 2.75) is 89.1 Å². The van der Waals surface area contributed by atoms with Gasteiger partial charge in [-0.3, -0.25) is 9.36 Å². The van der Waals surface area contributed by atoms with Gasteiger partial charge in [-0.15, -0.1) is 0 Å². The smallest absolute Gasteiger partial charge is 0.278 e. The number of fused-ring (bicyclic) bond motifs is 9. The monoisotopic (exact) mass is 657 g/mol. The van der Waals surface area contributed by atoms with Crippen molar-refractivity contribution < 1.29 is 21.6 Å². The molecule has 0 saturated carbocycles. The van der Waals surface area contributed by atoms with Crippen LogP contribution in [-0.4, -0.2) is 52.4 Å². The Morgan fingerprint density at radius 2 is 1.70 bits per heavy atom. The van der Waals surface area contributed by atoms with E-state index in [-0.39, 0.29) is 41.4 Å². The predicted molar refractivity (Wildman–Crippen MR) is 173 cm³/mol. The molecule has 3 aromatic rings. The van der Waals surface area contributed by atoms with Gasteiger partial charge in [-0.05, 0) is 63.9 Å². The summed E-state index contributed by atoms with van der Waals surface area (Å²) in [5.41, 5.74) is 1.18. The molecule has 0 unspecified atom stereocenters. The van der Waals surface area contributed by atoms with Crippen molar-refractivity contribution in [3.8, 4) is 0 Å². The number of pyridine rings is 1. The lowest BCUT2D eigenvalue weighted by Crippen LogP contribution is -2.39. The van der Waals surface area contributed by atoms with Crippen LogP contribution in [0.1, 0.15) is 93.4 Å². The Bertz CT molecular complexity index is 1770. The van der Waals surface area contributed by atoms with Gasteiger partial charge in [-0.25, -0.2) is 31.6 Å². The first-order chi connectivity index (χ1) is 22.0. The third-order valence-electron chi connectivity index (χ3n) is 10.2. The number of rotatable bonds is 1. The molecule has 2 saturated heterocycles. The number of alkyl halides is 2. The molecule has 7 rings (SSSR count). The molecule has 4 aliphatic heterocycles. The van der Waals surface area contributed by atoms with Gasteiger partial charge in [0.2, 0.25) is 0 Å². The van der Waals surface area contributed by atoms with E-state index in [1.54, 1.807) is 17.6 Å². The number of halogens is 3. The average molecular weight is 658 g/mol. The number of allylic oxidation sites excluding steroid dienone is 1. The second-order valence-electron chi connectivity index (χ2n) is 13.1. The molecule has 8 bridgehead atoms. The summed E-state index contributed by atoms with van der Waals surface area (Å²) in [5.74, 6) is -5.10. The number of benzene rings is 1. The van der Waals surface area contributed by atoms with Gasteiger partial charge in [0, 0.05) is 42.4 Å². The lowest BCUT2D eigenvalue weighted by molar-refractivity contribution is -0.0859. The molecule has 6 heterocycles. The van der Waals surface area contributed by atoms with Gasteiger partial charge in [-0.1, -0.05) is 37.6 Å². The Morgan fingerprint density at radius 1 is 0.978 bits per heavy atom. The van der Waals surface area contributed by atoms with Crippen LogP contribution in [0.15, 0.2) is 47.7 Å². The van der Waals surface area contributed by atoms with Gasteiger partial charge in [0.1, 0.15) is 33.4 Å². The summed E-state index contributed by atoms with van der Waals surface area (Å²) < 4.78 is 73.9. The van der Waals surface area contributed by atoms with Gasteiger partial charge in [0.05, 0.1) is 28.5 Å². The van der Waals surface area contributed by atoms with Crippen LogP contribution in [0.25, 0.3) is 11.0 Å². The molecule has 248 valence electrons. The zero-order chi connectivity index (χ0) is 32.6. The largest absolute Gasteiger partial charge is 0.375 e. The highest BCUT2D eigenvalue weighted by molar-refractivity contribution is 7.91. The zero-order valence-corrected chi connectivity index (χ0v) is 27.1. The highest BCUT2D eigenvalue weighted by Crippen LogP contribution is 2.44. The van der Waals surface area contributed by atoms with Crippen LogP contribution in [0.2, 0.25) is 0 Å². The van der Waals surface area contributed by atoms with E-state index in [0.29, 0.717) is 54.9 Å². The van der Waals surface area contributed by atoms with Crippen molar-refractivity contribution in [1.29, 1.82) is 0 Å². The van der Waals surface area contributed by atoms with E-state index in [1.165, 1.54) is 24.5 Å². The van der Waals surface area contributed by atoms with Crippen LogP contribution in [-0.2, 0) is 22.3 Å². The second-order valence-corrected chi connectivity index (χ2v) is 15.4. The molecule has 2 fully saturated rings. The Hall–Kier alpha value is -3.41. The van der Waals surface area contributed by atoms with Crippen molar-refractivity contribution in [3.63, 3.8) is 0 Å². The molecule has 0 radical (unpaired) electrons. The second kappa shape index (κ2) is 13.0. The molecule has 1 aromatic carbocycles. The van der Waals surface area contributed by atoms with Gasteiger partial charge in [0.25, 0.3) is 11.5 Å². The molecular formula is C34H42F3N5O3S. The molecule has 0 aliphatic carbocycles. The summed E-state index contributed by atoms with van der Waals surface area (Å²) in [6.45, 7) is 7.28. The van der Waals surface area contributed by atoms with E-state index in [2.05, 4.69) is 26.8 Å². The van der Waals surface area contributed by atoms with Crippen LogP contribution < -0.4 is 10.9 Å². The summed E-state index contributed by atoms with van der Waals surface area (Å²) in [4.78, 5) is 24.9. The Kier molecular flexibility index (Phi) is 9.20. The first kappa shape index (κ1) is 32.5. The molecule has 2 aromatic heterocycles. The van der Waals surface area contributed by atoms with Crippen LogP contribution in [0.3, 0.4) is 0 Å². The first-order valence-corrected chi connectivity index (χ1v) is 18.2. The van der Waals surface area contributed by atoms with Crippen molar-refractivity contribution in [2.75, 3.05) is 29.9 Å². The summed E-state index contributed by atoms with van der Waals surface area (Å²) in [7, 11) is -3.14.